The number of ether oxygens (including phenoxy) is 1. The van der Waals surface area contributed by atoms with Crippen molar-refractivity contribution in [2.24, 2.45) is 10.7 Å². The molecule has 7 heteroatoms. The number of rotatable bonds is 3. The van der Waals surface area contributed by atoms with E-state index in [9.17, 15) is 0 Å². The number of fused-ring (bicyclic) bond motifs is 1. The molecule has 1 aliphatic rings. The predicted octanol–water partition coefficient (Wildman–Crippen LogP) is 3.99. The number of hydrogen-bond acceptors (Lipinski definition) is 4. The van der Waals surface area contributed by atoms with E-state index in [2.05, 4.69) is 47.5 Å². The van der Waals surface area contributed by atoms with E-state index in [-0.39, 0.29) is 35.4 Å². The lowest BCUT2D eigenvalue weighted by molar-refractivity contribution is 0.262. The van der Waals surface area contributed by atoms with Crippen LogP contribution in [0.4, 0.5) is 0 Å². The molecular weight excluding hydrogens is 447 g/mol. The molecule has 1 aliphatic heterocycles. The van der Waals surface area contributed by atoms with Gasteiger partial charge in [0.2, 0.25) is 0 Å². The van der Waals surface area contributed by atoms with Gasteiger partial charge in [0.05, 0.1) is 24.9 Å². The minimum atomic E-state index is 0. The zero-order valence-electron chi connectivity index (χ0n) is 14.8. The highest BCUT2D eigenvalue weighted by atomic mass is 127. The average molecular weight is 472 g/mol. The van der Waals surface area contributed by atoms with Crippen molar-refractivity contribution in [1.82, 2.24) is 10.3 Å². The van der Waals surface area contributed by atoms with Gasteiger partial charge in [-0.05, 0) is 6.07 Å². The van der Waals surface area contributed by atoms with Gasteiger partial charge < -0.3 is 15.8 Å². The lowest BCUT2D eigenvalue weighted by Crippen LogP contribution is -2.37. The summed E-state index contributed by atoms with van der Waals surface area (Å²) in [5, 5.41) is 6.39. The third-order valence-corrected chi connectivity index (χ3v) is 4.82. The second-order valence-corrected chi connectivity index (χ2v) is 7.89. The number of hydrogen-bond donors (Lipinski definition) is 2. The molecule has 0 aliphatic carbocycles. The molecule has 1 aromatic carbocycles. The molecular formula is C18H25IN4OS. The van der Waals surface area contributed by atoms with Crippen LogP contribution in [-0.4, -0.2) is 17.6 Å². The van der Waals surface area contributed by atoms with E-state index in [0.717, 1.165) is 28.4 Å². The molecule has 0 fully saturated rings. The Labute approximate surface area is 170 Å². The number of para-hydroxylation sites is 1. The Morgan fingerprint density at radius 3 is 2.88 bits per heavy atom. The standard InChI is InChI=1S/C18H24N4OS.HI/c1-18(2,3)15-11-24-16(22-15)10-20-17(19)21-13-8-9-23-14-7-5-4-6-12(13)14;/h4-7,11,13H,8-10H2,1-3H3,(H3,19,20,21);1H. The van der Waals surface area contributed by atoms with Gasteiger partial charge >= 0.3 is 0 Å². The van der Waals surface area contributed by atoms with Gasteiger partial charge in [-0.2, -0.15) is 0 Å². The van der Waals surface area contributed by atoms with Gasteiger partial charge in [-0.1, -0.05) is 39.0 Å². The van der Waals surface area contributed by atoms with E-state index in [4.69, 9.17) is 10.5 Å². The third-order valence-electron chi connectivity index (χ3n) is 3.99. The first-order chi connectivity index (χ1) is 11.4. The molecule has 25 heavy (non-hydrogen) atoms. The number of benzene rings is 1. The highest BCUT2D eigenvalue weighted by molar-refractivity contribution is 14.0. The van der Waals surface area contributed by atoms with Crippen LogP contribution in [-0.2, 0) is 12.0 Å². The summed E-state index contributed by atoms with van der Waals surface area (Å²) in [5.74, 6) is 1.37. The van der Waals surface area contributed by atoms with Gasteiger partial charge in [0, 0.05) is 22.8 Å². The summed E-state index contributed by atoms with van der Waals surface area (Å²) < 4.78 is 5.67. The van der Waals surface area contributed by atoms with Crippen LogP contribution in [0.2, 0.25) is 0 Å². The molecule has 0 radical (unpaired) electrons. The Kier molecular flexibility index (Phi) is 6.67. The summed E-state index contributed by atoms with van der Waals surface area (Å²) >= 11 is 1.63. The maximum atomic E-state index is 6.08. The number of aromatic nitrogens is 1. The highest BCUT2D eigenvalue weighted by Crippen LogP contribution is 2.31. The van der Waals surface area contributed by atoms with E-state index in [1.807, 2.05) is 18.2 Å². The van der Waals surface area contributed by atoms with E-state index in [1.165, 1.54) is 0 Å². The Morgan fingerprint density at radius 1 is 1.40 bits per heavy atom. The molecule has 0 bridgehead atoms. The minimum absolute atomic E-state index is 0. The van der Waals surface area contributed by atoms with Crippen LogP contribution in [0.1, 0.15) is 49.5 Å². The van der Waals surface area contributed by atoms with Crippen LogP contribution < -0.4 is 15.8 Å². The minimum Gasteiger partial charge on any atom is -0.493 e. The Bertz CT molecular complexity index is 739. The molecule has 2 heterocycles. The fourth-order valence-corrected chi connectivity index (χ4v) is 3.54. The zero-order valence-corrected chi connectivity index (χ0v) is 17.9. The SMILES string of the molecule is CC(C)(C)c1csc(CN=C(N)NC2CCOc3ccccc32)n1.I. The van der Waals surface area contributed by atoms with Gasteiger partial charge in [-0.3, -0.25) is 0 Å². The number of nitrogens with two attached hydrogens (primary N) is 1. The molecule has 3 N–H and O–H groups in total. The summed E-state index contributed by atoms with van der Waals surface area (Å²) in [7, 11) is 0. The molecule has 3 rings (SSSR count). The van der Waals surface area contributed by atoms with Crippen molar-refractivity contribution >= 4 is 41.3 Å². The number of nitrogens with one attached hydrogen (secondary N) is 1. The van der Waals surface area contributed by atoms with E-state index >= 15 is 0 Å². The monoisotopic (exact) mass is 472 g/mol. The smallest absolute Gasteiger partial charge is 0.189 e. The number of guanidine groups is 1. The maximum Gasteiger partial charge on any atom is 0.189 e. The molecule has 136 valence electrons. The van der Waals surface area contributed by atoms with Gasteiger partial charge in [-0.25, -0.2) is 9.98 Å². The second kappa shape index (κ2) is 8.35. The van der Waals surface area contributed by atoms with Gasteiger partial charge in [0.15, 0.2) is 5.96 Å². The number of thiazole rings is 1. The Balaban J connectivity index is 0.00000225. The van der Waals surface area contributed by atoms with Crippen LogP contribution in [0.15, 0.2) is 34.6 Å². The fraction of sp³-hybridized carbons (Fsp3) is 0.444. The zero-order chi connectivity index (χ0) is 17.2. The van der Waals surface area contributed by atoms with Gasteiger partial charge in [-0.15, -0.1) is 35.3 Å². The first-order valence-corrected chi connectivity index (χ1v) is 9.04. The summed E-state index contributed by atoms with van der Waals surface area (Å²) in [6.07, 6.45) is 0.874. The van der Waals surface area contributed by atoms with Crippen molar-refractivity contribution in [3.05, 3.63) is 45.9 Å². The summed E-state index contributed by atoms with van der Waals surface area (Å²) in [5.41, 5.74) is 8.37. The van der Waals surface area contributed by atoms with Crippen LogP contribution in [0.25, 0.3) is 0 Å². The maximum absolute atomic E-state index is 6.08. The molecule has 0 saturated heterocycles. The Hall–Kier alpha value is -1.35. The molecule has 0 saturated carbocycles. The van der Waals surface area contributed by atoms with Crippen molar-refractivity contribution in [2.75, 3.05) is 6.61 Å². The third kappa shape index (κ3) is 5.07. The van der Waals surface area contributed by atoms with Crippen molar-refractivity contribution in [3.63, 3.8) is 0 Å². The molecule has 1 aromatic heterocycles. The predicted molar refractivity (Wildman–Crippen MR) is 114 cm³/mol. The van der Waals surface area contributed by atoms with Crippen molar-refractivity contribution in [1.29, 1.82) is 0 Å². The highest BCUT2D eigenvalue weighted by Gasteiger charge is 2.21. The van der Waals surface area contributed by atoms with Gasteiger partial charge in [0.1, 0.15) is 10.8 Å². The summed E-state index contributed by atoms with van der Waals surface area (Å²) in [4.78, 5) is 9.09. The molecule has 5 nitrogen and oxygen atoms in total. The largest absolute Gasteiger partial charge is 0.493 e. The fourth-order valence-electron chi connectivity index (χ4n) is 2.60. The van der Waals surface area contributed by atoms with E-state index in [0.29, 0.717) is 19.1 Å². The number of nitrogens with zero attached hydrogens (tertiary/aromatic N) is 2. The quantitative estimate of drug-likeness (QED) is 0.403. The second-order valence-electron chi connectivity index (χ2n) is 6.95. The van der Waals surface area contributed by atoms with Crippen LogP contribution in [0, 0.1) is 0 Å². The molecule has 1 atom stereocenters. The van der Waals surface area contributed by atoms with Crippen LogP contribution in [0.5, 0.6) is 5.75 Å². The van der Waals surface area contributed by atoms with Crippen LogP contribution >= 0.6 is 35.3 Å². The molecule has 0 spiro atoms. The van der Waals surface area contributed by atoms with E-state index in [1.54, 1.807) is 11.3 Å². The molecule has 0 amide bonds. The van der Waals surface area contributed by atoms with Crippen molar-refractivity contribution < 1.29 is 4.74 Å². The van der Waals surface area contributed by atoms with E-state index < -0.39 is 0 Å². The first-order valence-electron chi connectivity index (χ1n) is 8.16. The van der Waals surface area contributed by atoms with Crippen molar-refractivity contribution in [3.8, 4) is 5.75 Å². The number of halogens is 1. The average Bonchev–Trinajstić information content (AvgIpc) is 3.03. The number of aliphatic imine (C=N–C) groups is 1. The normalized spacial score (nSPS) is 17.2. The lowest BCUT2D eigenvalue weighted by atomic mass is 9.93. The van der Waals surface area contributed by atoms with Crippen LogP contribution in [0.3, 0.4) is 0 Å². The Morgan fingerprint density at radius 2 is 2.16 bits per heavy atom. The summed E-state index contributed by atoms with van der Waals surface area (Å²) in [6, 6.07) is 8.18. The topological polar surface area (TPSA) is 72.5 Å². The first kappa shape index (κ1) is 20.0. The summed E-state index contributed by atoms with van der Waals surface area (Å²) in [6.45, 7) is 7.67. The lowest BCUT2D eigenvalue weighted by Gasteiger charge is -2.26. The molecule has 1 unspecified atom stereocenters. The molecule has 2 aromatic rings. The van der Waals surface area contributed by atoms with Gasteiger partial charge in [0.25, 0.3) is 0 Å². The van der Waals surface area contributed by atoms with Crippen molar-refractivity contribution in [2.45, 2.75) is 45.2 Å².